The summed E-state index contributed by atoms with van der Waals surface area (Å²) in [4.78, 5) is 35.6. The minimum atomic E-state index is -1.07. The zero-order chi connectivity index (χ0) is 29.0. The number of nitro benzene ring substituents is 1. The van der Waals surface area contributed by atoms with Gasteiger partial charge in [-0.25, -0.2) is 10.2 Å². The summed E-state index contributed by atoms with van der Waals surface area (Å²) in [6.45, 7) is 5.49. The number of hydrogen-bond acceptors (Lipinski definition) is 8. The fourth-order valence-corrected chi connectivity index (χ4v) is 3.34. The third kappa shape index (κ3) is 10.2. The fourth-order valence-electron chi connectivity index (χ4n) is 3.34. The number of nitrogens with zero attached hydrogens (tertiary/aromatic N) is 2. The maximum absolute atomic E-state index is 12.9. The molecule has 2 amide bonds. The third-order valence-corrected chi connectivity index (χ3v) is 5.24. The average Bonchev–Trinajstić information content (AvgIpc) is 2.91. The van der Waals surface area contributed by atoms with E-state index in [1.54, 1.807) is 57.2 Å². The quantitative estimate of drug-likeness (QED) is 0.189. The van der Waals surface area contributed by atoms with Crippen LogP contribution in [0.4, 0.5) is 10.5 Å². The number of rotatable bonds is 12. The molecule has 0 saturated heterocycles. The van der Waals surface area contributed by atoms with E-state index < -0.39 is 28.6 Å². The van der Waals surface area contributed by atoms with E-state index in [-0.39, 0.29) is 25.5 Å². The number of para-hydroxylation sites is 1. The van der Waals surface area contributed by atoms with Crippen LogP contribution in [0.2, 0.25) is 0 Å². The van der Waals surface area contributed by atoms with Crippen molar-refractivity contribution in [1.29, 1.82) is 0 Å². The Morgan fingerprint density at radius 1 is 0.950 bits per heavy atom. The molecule has 0 aliphatic carbocycles. The second-order valence-electron chi connectivity index (χ2n) is 9.68. The number of alkyl carbamates (subject to hydrolysis) is 1. The molecule has 0 radical (unpaired) electrons. The van der Waals surface area contributed by atoms with Gasteiger partial charge in [0.2, 0.25) is 0 Å². The second-order valence-corrected chi connectivity index (χ2v) is 9.68. The number of hydrogen-bond donors (Lipinski definition) is 2. The normalized spacial score (nSPS) is 12.0. The SMILES string of the molecule is CC(C)(C)OC(=O)N[C@@H](COCc1ccccc1)C(=O)N/N=C\c1ccccc1OCc1ccc([N+](=O)[O-])cc1. The number of nitro groups is 1. The van der Waals surface area contributed by atoms with E-state index in [0.717, 1.165) is 11.1 Å². The van der Waals surface area contributed by atoms with Crippen LogP contribution in [-0.2, 0) is 27.5 Å². The summed E-state index contributed by atoms with van der Waals surface area (Å²) in [5, 5.41) is 17.4. The van der Waals surface area contributed by atoms with E-state index in [1.807, 2.05) is 30.3 Å². The smallest absolute Gasteiger partial charge is 0.408 e. The molecule has 11 heteroatoms. The zero-order valence-electron chi connectivity index (χ0n) is 22.5. The first-order valence-electron chi connectivity index (χ1n) is 12.5. The lowest BCUT2D eigenvalue weighted by Gasteiger charge is -2.22. The second kappa shape index (κ2) is 14.4. The standard InChI is InChI=1S/C29H32N4O7/c1-29(2,3)40-28(35)31-25(20-38-18-21-9-5-4-6-10-21)27(34)32-30-17-23-11-7-8-12-26(23)39-19-22-13-15-24(16-14-22)33(36)37/h4-17,25H,18-20H2,1-3H3,(H,31,35)(H,32,34)/b30-17-/t25-/m0/s1. The van der Waals surface area contributed by atoms with Crippen molar-refractivity contribution in [2.75, 3.05) is 6.61 Å². The molecule has 210 valence electrons. The number of carbonyl (C=O) groups is 2. The summed E-state index contributed by atoms with van der Waals surface area (Å²) in [6, 6.07) is 21.5. The lowest BCUT2D eigenvalue weighted by molar-refractivity contribution is -0.384. The van der Waals surface area contributed by atoms with Gasteiger partial charge in [-0.2, -0.15) is 5.10 Å². The van der Waals surface area contributed by atoms with E-state index in [0.29, 0.717) is 11.3 Å². The first-order valence-corrected chi connectivity index (χ1v) is 12.5. The predicted octanol–water partition coefficient (Wildman–Crippen LogP) is 4.73. The van der Waals surface area contributed by atoms with Crippen molar-refractivity contribution < 1.29 is 28.7 Å². The van der Waals surface area contributed by atoms with Crippen LogP contribution in [0.25, 0.3) is 0 Å². The van der Waals surface area contributed by atoms with Crippen LogP contribution in [-0.4, -0.2) is 41.4 Å². The summed E-state index contributed by atoms with van der Waals surface area (Å²) < 4.78 is 16.8. The molecule has 3 rings (SSSR count). The number of benzene rings is 3. The van der Waals surface area contributed by atoms with Gasteiger partial charge in [0.25, 0.3) is 11.6 Å². The Hall–Kier alpha value is -4.77. The van der Waals surface area contributed by atoms with E-state index in [4.69, 9.17) is 14.2 Å². The Morgan fingerprint density at radius 2 is 1.60 bits per heavy atom. The Labute approximate surface area is 232 Å². The molecule has 1 atom stereocenters. The van der Waals surface area contributed by atoms with Gasteiger partial charge >= 0.3 is 6.09 Å². The van der Waals surface area contributed by atoms with Crippen molar-refractivity contribution >= 4 is 23.9 Å². The van der Waals surface area contributed by atoms with E-state index in [2.05, 4.69) is 15.8 Å². The molecular weight excluding hydrogens is 516 g/mol. The van der Waals surface area contributed by atoms with Crippen LogP contribution < -0.4 is 15.5 Å². The van der Waals surface area contributed by atoms with Crippen molar-refractivity contribution in [2.45, 2.75) is 45.6 Å². The number of hydrazone groups is 1. The Bertz CT molecular complexity index is 1310. The number of carbonyl (C=O) groups excluding carboxylic acids is 2. The Balaban J connectivity index is 1.61. The van der Waals surface area contributed by atoms with Crippen LogP contribution in [0.3, 0.4) is 0 Å². The summed E-state index contributed by atoms with van der Waals surface area (Å²) in [6.07, 6.45) is 0.656. The van der Waals surface area contributed by atoms with Crippen LogP contribution in [0.1, 0.15) is 37.5 Å². The molecule has 2 N–H and O–H groups in total. The molecule has 11 nitrogen and oxygen atoms in total. The first kappa shape index (κ1) is 29.8. The monoisotopic (exact) mass is 548 g/mol. The van der Waals surface area contributed by atoms with Crippen LogP contribution >= 0.6 is 0 Å². The van der Waals surface area contributed by atoms with Crippen LogP contribution in [0.5, 0.6) is 5.75 Å². The van der Waals surface area contributed by atoms with Gasteiger partial charge in [-0.15, -0.1) is 0 Å². The Morgan fingerprint density at radius 3 is 2.27 bits per heavy atom. The van der Waals surface area contributed by atoms with Gasteiger partial charge in [-0.1, -0.05) is 42.5 Å². The highest BCUT2D eigenvalue weighted by molar-refractivity contribution is 5.88. The molecule has 0 unspecified atom stereocenters. The van der Waals surface area contributed by atoms with Gasteiger partial charge < -0.3 is 19.5 Å². The number of amides is 2. The molecule has 3 aromatic carbocycles. The largest absolute Gasteiger partial charge is 0.488 e. The topological polar surface area (TPSA) is 141 Å². The van der Waals surface area contributed by atoms with Gasteiger partial charge in [0, 0.05) is 17.7 Å². The van der Waals surface area contributed by atoms with E-state index in [9.17, 15) is 19.7 Å². The van der Waals surface area contributed by atoms with Gasteiger partial charge in [0.1, 0.15) is 24.0 Å². The third-order valence-electron chi connectivity index (χ3n) is 5.24. The number of nitrogens with one attached hydrogen (secondary N) is 2. The van der Waals surface area contributed by atoms with Gasteiger partial charge in [-0.05, 0) is 56.2 Å². The molecule has 0 spiro atoms. The fraction of sp³-hybridized carbons (Fsp3) is 0.276. The summed E-state index contributed by atoms with van der Waals surface area (Å²) >= 11 is 0. The van der Waals surface area contributed by atoms with Crippen molar-refractivity contribution in [3.63, 3.8) is 0 Å². The molecular formula is C29H32N4O7. The lowest BCUT2D eigenvalue weighted by atomic mass is 10.2. The van der Waals surface area contributed by atoms with Crippen molar-refractivity contribution in [1.82, 2.24) is 10.7 Å². The molecule has 0 bridgehead atoms. The first-order chi connectivity index (χ1) is 19.1. The minimum Gasteiger partial charge on any atom is -0.488 e. The molecule has 0 saturated carbocycles. The highest BCUT2D eigenvalue weighted by atomic mass is 16.6. The lowest BCUT2D eigenvalue weighted by Crippen LogP contribution is -2.49. The van der Waals surface area contributed by atoms with Gasteiger partial charge in [-0.3, -0.25) is 14.9 Å². The van der Waals surface area contributed by atoms with Crippen molar-refractivity contribution in [3.05, 3.63) is 106 Å². The predicted molar refractivity (Wildman–Crippen MR) is 149 cm³/mol. The van der Waals surface area contributed by atoms with Crippen molar-refractivity contribution in [2.24, 2.45) is 5.10 Å². The van der Waals surface area contributed by atoms with Gasteiger partial charge in [0.05, 0.1) is 24.4 Å². The molecule has 0 aromatic heterocycles. The summed E-state index contributed by atoms with van der Waals surface area (Å²) in [7, 11) is 0. The summed E-state index contributed by atoms with van der Waals surface area (Å²) in [5.74, 6) is -0.104. The molecule has 0 aliphatic rings. The molecule has 0 heterocycles. The Kier molecular flexibility index (Phi) is 10.7. The summed E-state index contributed by atoms with van der Waals surface area (Å²) in [5.41, 5.74) is 3.93. The maximum atomic E-state index is 12.9. The van der Waals surface area contributed by atoms with E-state index in [1.165, 1.54) is 18.3 Å². The molecule has 40 heavy (non-hydrogen) atoms. The van der Waals surface area contributed by atoms with E-state index >= 15 is 0 Å². The highest BCUT2D eigenvalue weighted by Crippen LogP contribution is 2.19. The molecule has 3 aromatic rings. The van der Waals surface area contributed by atoms with Crippen molar-refractivity contribution in [3.8, 4) is 5.75 Å². The molecule has 0 fully saturated rings. The molecule has 0 aliphatic heterocycles. The number of ether oxygens (including phenoxy) is 3. The zero-order valence-corrected chi connectivity index (χ0v) is 22.5. The number of non-ortho nitro benzene ring substituents is 1. The highest BCUT2D eigenvalue weighted by Gasteiger charge is 2.24. The maximum Gasteiger partial charge on any atom is 0.408 e. The van der Waals surface area contributed by atoms with Crippen LogP contribution in [0.15, 0.2) is 84.0 Å². The average molecular weight is 549 g/mol. The van der Waals surface area contributed by atoms with Crippen LogP contribution in [0, 0.1) is 10.1 Å². The van der Waals surface area contributed by atoms with Gasteiger partial charge in [0.15, 0.2) is 0 Å². The minimum absolute atomic E-state index is 0.00282.